The van der Waals surface area contributed by atoms with Crippen molar-refractivity contribution in [1.82, 2.24) is 15.6 Å². The van der Waals surface area contributed by atoms with Crippen molar-refractivity contribution in [3.63, 3.8) is 0 Å². The Morgan fingerprint density at radius 1 is 1.23 bits per heavy atom. The minimum atomic E-state index is -2.91. The van der Waals surface area contributed by atoms with Crippen molar-refractivity contribution in [3.05, 3.63) is 52.7 Å². The third-order valence-electron chi connectivity index (χ3n) is 3.38. The van der Waals surface area contributed by atoms with E-state index in [0.29, 0.717) is 29.0 Å². The monoisotopic (exact) mass is 384 g/mol. The van der Waals surface area contributed by atoms with E-state index in [9.17, 15) is 8.78 Å². The van der Waals surface area contributed by atoms with E-state index < -0.39 is 6.61 Å². The molecule has 0 aliphatic heterocycles. The fourth-order valence-electron chi connectivity index (χ4n) is 2.15. The van der Waals surface area contributed by atoms with Crippen LogP contribution in [0.5, 0.6) is 11.6 Å². The number of nitrogens with zero attached hydrogens (tertiary/aromatic N) is 2. The Morgan fingerprint density at radius 2 is 2.00 bits per heavy atom. The van der Waals surface area contributed by atoms with Crippen molar-refractivity contribution in [1.29, 1.82) is 0 Å². The lowest BCUT2D eigenvalue weighted by molar-refractivity contribution is -0.0504. The number of halogens is 3. The lowest BCUT2D eigenvalue weighted by atomic mass is 10.2. The van der Waals surface area contributed by atoms with E-state index in [1.807, 2.05) is 6.07 Å². The van der Waals surface area contributed by atoms with Gasteiger partial charge in [0.1, 0.15) is 5.75 Å². The molecule has 9 heteroatoms. The highest BCUT2D eigenvalue weighted by Gasteiger charge is 2.11. The number of benzene rings is 1. The summed E-state index contributed by atoms with van der Waals surface area (Å²) in [5.41, 5.74) is 1.44. The molecule has 6 nitrogen and oxygen atoms in total. The number of ether oxygens (including phenoxy) is 2. The van der Waals surface area contributed by atoms with Crippen LogP contribution < -0.4 is 20.1 Å². The Bertz CT molecular complexity index is 759. The molecule has 0 saturated heterocycles. The molecule has 1 aromatic carbocycles. The Kier molecular flexibility index (Phi) is 7.40. The van der Waals surface area contributed by atoms with Gasteiger partial charge in [-0.05, 0) is 29.8 Å². The molecule has 0 unspecified atom stereocenters. The van der Waals surface area contributed by atoms with Gasteiger partial charge in [0.15, 0.2) is 5.96 Å². The lowest BCUT2D eigenvalue weighted by Gasteiger charge is -2.15. The fourth-order valence-corrected chi connectivity index (χ4v) is 2.35. The van der Waals surface area contributed by atoms with E-state index in [2.05, 4.69) is 25.3 Å². The second kappa shape index (κ2) is 9.76. The van der Waals surface area contributed by atoms with Crippen molar-refractivity contribution in [3.8, 4) is 11.6 Å². The molecule has 140 valence electrons. The van der Waals surface area contributed by atoms with Crippen LogP contribution >= 0.6 is 11.6 Å². The number of alkyl halides is 2. The second-order valence-corrected chi connectivity index (χ2v) is 5.55. The first-order valence-corrected chi connectivity index (χ1v) is 8.06. The van der Waals surface area contributed by atoms with Gasteiger partial charge in [-0.2, -0.15) is 8.78 Å². The topological polar surface area (TPSA) is 67.8 Å². The minimum absolute atomic E-state index is 0.0613. The number of nitrogens with one attached hydrogen (secondary N) is 2. The number of aliphatic imine (C=N–C) groups is 1. The molecule has 2 N–H and O–H groups in total. The average Bonchev–Trinajstić information content (AvgIpc) is 2.63. The number of hydrogen-bond acceptors (Lipinski definition) is 4. The van der Waals surface area contributed by atoms with Gasteiger partial charge >= 0.3 is 6.61 Å². The van der Waals surface area contributed by atoms with Crippen LogP contribution in [0.4, 0.5) is 8.78 Å². The van der Waals surface area contributed by atoms with Crippen molar-refractivity contribution >= 4 is 17.6 Å². The summed E-state index contributed by atoms with van der Waals surface area (Å²) in [6, 6.07) is 8.10. The van der Waals surface area contributed by atoms with Gasteiger partial charge in [0.05, 0.1) is 7.11 Å². The van der Waals surface area contributed by atoms with Gasteiger partial charge in [-0.1, -0.05) is 11.6 Å². The highest BCUT2D eigenvalue weighted by Crippen LogP contribution is 2.24. The number of aromatic nitrogens is 1. The van der Waals surface area contributed by atoms with Gasteiger partial charge in [-0.3, -0.25) is 4.99 Å². The SMILES string of the molecule is CN=C(NCc1ccnc(OC)c1)NCc1cc(Cl)ccc1OC(F)F. The standard InChI is InChI=1S/C17H19ClF2N4O2/c1-21-17(23-9-11-5-6-22-15(7-11)25-2)24-10-12-8-13(18)3-4-14(12)26-16(19)20/h3-8,16H,9-10H2,1-2H3,(H2,21,23,24). The predicted molar refractivity (Wildman–Crippen MR) is 95.9 cm³/mol. The minimum Gasteiger partial charge on any atom is -0.481 e. The van der Waals surface area contributed by atoms with Crippen LogP contribution in [0.2, 0.25) is 5.02 Å². The van der Waals surface area contributed by atoms with Gasteiger partial charge in [0, 0.05) is 43.0 Å². The van der Waals surface area contributed by atoms with E-state index in [4.69, 9.17) is 16.3 Å². The highest BCUT2D eigenvalue weighted by molar-refractivity contribution is 6.30. The molecular formula is C17H19ClF2N4O2. The maximum Gasteiger partial charge on any atom is 0.387 e. The average molecular weight is 385 g/mol. The van der Waals surface area contributed by atoms with Crippen molar-refractivity contribution < 1.29 is 18.3 Å². The van der Waals surface area contributed by atoms with Crippen molar-refractivity contribution in [2.45, 2.75) is 19.7 Å². The molecule has 1 aromatic heterocycles. The maximum absolute atomic E-state index is 12.5. The zero-order valence-electron chi connectivity index (χ0n) is 14.3. The quantitative estimate of drug-likeness (QED) is 0.566. The molecule has 2 rings (SSSR count). The van der Waals surface area contributed by atoms with Gasteiger partial charge in [-0.25, -0.2) is 4.98 Å². The molecule has 0 radical (unpaired) electrons. The zero-order valence-corrected chi connectivity index (χ0v) is 15.1. The molecule has 0 aliphatic carbocycles. The number of hydrogen-bond donors (Lipinski definition) is 2. The molecule has 0 atom stereocenters. The third kappa shape index (κ3) is 6.03. The summed E-state index contributed by atoms with van der Waals surface area (Å²) >= 11 is 5.94. The highest BCUT2D eigenvalue weighted by atomic mass is 35.5. The normalized spacial score (nSPS) is 11.4. The summed E-state index contributed by atoms with van der Waals surface area (Å²) in [5, 5.41) is 6.58. The first-order valence-electron chi connectivity index (χ1n) is 7.68. The molecule has 0 spiro atoms. The van der Waals surface area contributed by atoms with Crippen LogP contribution in [0, 0.1) is 0 Å². The summed E-state index contributed by atoms with van der Waals surface area (Å²) in [6.07, 6.45) is 1.64. The molecule has 0 amide bonds. The van der Waals surface area contributed by atoms with Crippen LogP contribution in [-0.4, -0.2) is 31.7 Å². The van der Waals surface area contributed by atoms with E-state index in [-0.39, 0.29) is 12.3 Å². The Labute approximate surface area is 155 Å². The Balaban J connectivity index is 1.97. The van der Waals surface area contributed by atoms with Crippen LogP contribution in [0.25, 0.3) is 0 Å². The van der Waals surface area contributed by atoms with Crippen LogP contribution in [0.3, 0.4) is 0 Å². The Morgan fingerprint density at radius 3 is 2.69 bits per heavy atom. The smallest absolute Gasteiger partial charge is 0.387 e. The molecule has 26 heavy (non-hydrogen) atoms. The van der Waals surface area contributed by atoms with E-state index in [0.717, 1.165) is 5.56 Å². The first kappa shape index (κ1) is 19.7. The van der Waals surface area contributed by atoms with Gasteiger partial charge < -0.3 is 20.1 Å². The second-order valence-electron chi connectivity index (χ2n) is 5.12. The summed E-state index contributed by atoms with van der Waals surface area (Å²) in [5.74, 6) is 1.06. The first-order chi connectivity index (χ1) is 12.5. The molecular weight excluding hydrogens is 366 g/mol. The molecule has 0 aliphatic rings. The molecule has 0 saturated carbocycles. The predicted octanol–water partition coefficient (Wildman–Crippen LogP) is 3.21. The van der Waals surface area contributed by atoms with Crippen molar-refractivity contribution in [2.75, 3.05) is 14.2 Å². The Hall–Kier alpha value is -2.61. The van der Waals surface area contributed by atoms with Crippen LogP contribution in [0.1, 0.15) is 11.1 Å². The van der Waals surface area contributed by atoms with Gasteiger partial charge in [0.25, 0.3) is 0 Å². The van der Waals surface area contributed by atoms with Crippen LogP contribution in [0.15, 0.2) is 41.5 Å². The summed E-state index contributed by atoms with van der Waals surface area (Å²) in [6.45, 7) is -2.22. The summed E-state index contributed by atoms with van der Waals surface area (Å²) < 4.78 is 34.6. The zero-order chi connectivity index (χ0) is 18.9. The lowest BCUT2D eigenvalue weighted by Crippen LogP contribution is -2.36. The van der Waals surface area contributed by atoms with E-state index >= 15 is 0 Å². The molecule has 0 fully saturated rings. The third-order valence-corrected chi connectivity index (χ3v) is 3.61. The summed E-state index contributed by atoms with van der Waals surface area (Å²) in [7, 11) is 3.15. The van der Waals surface area contributed by atoms with E-state index in [1.54, 1.807) is 32.5 Å². The number of rotatable bonds is 7. The molecule has 2 aromatic rings. The number of methoxy groups -OCH3 is 1. The molecule has 1 heterocycles. The maximum atomic E-state index is 12.5. The summed E-state index contributed by atoms with van der Waals surface area (Å²) in [4.78, 5) is 8.14. The van der Waals surface area contributed by atoms with Gasteiger partial charge in [-0.15, -0.1) is 0 Å². The molecule has 0 bridgehead atoms. The number of guanidine groups is 1. The van der Waals surface area contributed by atoms with E-state index in [1.165, 1.54) is 12.1 Å². The van der Waals surface area contributed by atoms with Crippen molar-refractivity contribution in [2.24, 2.45) is 4.99 Å². The number of pyridine rings is 1. The largest absolute Gasteiger partial charge is 0.481 e. The fraction of sp³-hybridized carbons (Fsp3) is 0.294. The van der Waals surface area contributed by atoms with Crippen LogP contribution in [-0.2, 0) is 13.1 Å². The van der Waals surface area contributed by atoms with Gasteiger partial charge in [0.2, 0.25) is 5.88 Å².